The summed E-state index contributed by atoms with van der Waals surface area (Å²) in [6.07, 6.45) is 10.3. The molecule has 2 N–H and O–H groups in total. The van der Waals surface area contributed by atoms with Gasteiger partial charge in [0.25, 0.3) is 0 Å². The molecule has 0 unspecified atom stereocenters. The third-order valence-electron chi connectivity index (χ3n) is 3.50. The molecule has 1 saturated carbocycles. The fraction of sp³-hybridized carbons (Fsp3) is 0.714. The van der Waals surface area contributed by atoms with E-state index in [9.17, 15) is 0 Å². The number of hydrogen-bond acceptors (Lipinski definition) is 4. The zero-order valence-electron chi connectivity index (χ0n) is 11.0. The number of nitrogens with zero attached hydrogens (tertiary/aromatic N) is 2. The third kappa shape index (κ3) is 4.26. The van der Waals surface area contributed by atoms with E-state index in [0.29, 0.717) is 18.5 Å². The summed E-state index contributed by atoms with van der Waals surface area (Å²) in [6.45, 7) is 1.46. The summed E-state index contributed by atoms with van der Waals surface area (Å²) in [4.78, 5) is 8.57. The first kappa shape index (κ1) is 13.3. The predicted octanol–water partition coefficient (Wildman–Crippen LogP) is 2.33. The molecule has 1 aliphatic rings. The van der Waals surface area contributed by atoms with Crippen LogP contribution in [0, 0.1) is 5.92 Å². The summed E-state index contributed by atoms with van der Waals surface area (Å²) < 4.78 is 5.71. The molecule has 4 nitrogen and oxygen atoms in total. The normalized spacial score (nSPS) is 16.7. The number of aromatic nitrogens is 2. The fourth-order valence-electron chi connectivity index (χ4n) is 2.41. The maximum atomic E-state index is 5.71. The Hall–Kier alpha value is -1.16. The molecule has 0 saturated heterocycles. The van der Waals surface area contributed by atoms with Crippen molar-refractivity contribution in [2.24, 2.45) is 11.7 Å². The molecule has 0 bridgehead atoms. The molecule has 18 heavy (non-hydrogen) atoms. The van der Waals surface area contributed by atoms with Gasteiger partial charge in [-0.3, -0.25) is 0 Å². The Kier molecular flexibility index (Phi) is 5.39. The van der Waals surface area contributed by atoms with E-state index in [-0.39, 0.29) is 0 Å². The Bertz CT molecular complexity index is 351. The van der Waals surface area contributed by atoms with Crippen molar-refractivity contribution >= 4 is 0 Å². The standard InChI is InChI=1S/C14H23N3O/c15-9-4-7-13-8-10-16-14(17-13)18-11-12-5-2-1-3-6-12/h8,10,12H,1-7,9,11,15H2. The Morgan fingerprint density at radius 1 is 1.28 bits per heavy atom. The highest BCUT2D eigenvalue weighted by molar-refractivity contribution is 5.05. The number of ether oxygens (including phenoxy) is 1. The lowest BCUT2D eigenvalue weighted by molar-refractivity contribution is 0.196. The predicted molar refractivity (Wildman–Crippen MR) is 71.5 cm³/mol. The molecule has 0 radical (unpaired) electrons. The first-order valence-corrected chi connectivity index (χ1v) is 7.03. The maximum absolute atomic E-state index is 5.71. The van der Waals surface area contributed by atoms with Gasteiger partial charge in [0.05, 0.1) is 6.61 Å². The minimum Gasteiger partial charge on any atom is -0.463 e. The molecule has 2 rings (SSSR count). The lowest BCUT2D eigenvalue weighted by Crippen LogP contribution is -2.16. The number of rotatable bonds is 6. The van der Waals surface area contributed by atoms with E-state index in [0.717, 1.165) is 25.1 Å². The molecular weight excluding hydrogens is 226 g/mol. The lowest BCUT2D eigenvalue weighted by Gasteiger charge is -2.20. The van der Waals surface area contributed by atoms with Crippen molar-refractivity contribution in [1.82, 2.24) is 9.97 Å². The quantitative estimate of drug-likeness (QED) is 0.840. The summed E-state index contributed by atoms with van der Waals surface area (Å²) in [5, 5.41) is 0. The minimum absolute atomic E-state index is 0.523. The topological polar surface area (TPSA) is 61.0 Å². The molecule has 1 aromatic heterocycles. The van der Waals surface area contributed by atoms with Crippen molar-refractivity contribution in [3.8, 4) is 6.01 Å². The molecule has 1 heterocycles. The molecule has 1 fully saturated rings. The van der Waals surface area contributed by atoms with Gasteiger partial charge < -0.3 is 10.5 Å². The Morgan fingerprint density at radius 3 is 2.89 bits per heavy atom. The summed E-state index contributed by atoms with van der Waals surface area (Å²) in [6, 6.07) is 2.46. The molecule has 0 aliphatic heterocycles. The van der Waals surface area contributed by atoms with Crippen LogP contribution in [0.4, 0.5) is 0 Å². The molecule has 1 aromatic rings. The Balaban J connectivity index is 1.80. The SMILES string of the molecule is NCCCc1ccnc(OCC2CCCCC2)n1. The fourth-order valence-corrected chi connectivity index (χ4v) is 2.41. The van der Waals surface area contributed by atoms with Gasteiger partial charge in [0, 0.05) is 11.9 Å². The summed E-state index contributed by atoms with van der Waals surface area (Å²) in [5.74, 6) is 0.690. The highest BCUT2D eigenvalue weighted by Gasteiger charge is 2.14. The Morgan fingerprint density at radius 2 is 2.11 bits per heavy atom. The van der Waals surface area contributed by atoms with Crippen LogP contribution in [-0.2, 0) is 6.42 Å². The summed E-state index contributed by atoms with van der Waals surface area (Å²) in [5.41, 5.74) is 6.52. The minimum atomic E-state index is 0.523. The molecule has 100 valence electrons. The van der Waals surface area contributed by atoms with E-state index in [1.165, 1.54) is 32.1 Å². The molecule has 0 atom stereocenters. The van der Waals surface area contributed by atoms with Gasteiger partial charge in [-0.2, -0.15) is 0 Å². The van der Waals surface area contributed by atoms with Gasteiger partial charge in [-0.25, -0.2) is 9.97 Å². The van der Waals surface area contributed by atoms with Crippen molar-refractivity contribution in [2.45, 2.75) is 44.9 Å². The van der Waals surface area contributed by atoms with E-state index in [1.54, 1.807) is 6.20 Å². The maximum Gasteiger partial charge on any atom is 0.316 e. The molecule has 4 heteroatoms. The monoisotopic (exact) mass is 249 g/mol. The lowest BCUT2D eigenvalue weighted by atomic mass is 9.90. The average Bonchev–Trinajstić information content (AvgIpc) is 2.44. The second-order valence-electron chi connectivity index (χ2n) is 5.04. The van der Waals surface area contributed by atoms with Crippen LogP contribution in [0.3, 0.4) is 0 Å². The molecular formula is C14H23N3O. The zero-order chi connectivity index (χ0) is 12.6. The smallest absolute Gasteiger partial charge is 0.316 e. The van der Waals surface area contributed by atoms with Crippen LogP contribution in [0.15, 0.2) is 12.3 Å². The van der Waals surface area contributed by atoms with E-state index >= 15 is 0 Å². The van der Waals surface area contributed by atoms with Crippen LogP contribution in [0.1, 0.15) is 44.2 Å². The second kappa shape index (κ2) is 7.31. The van der Waals surface area contributed by atoms with Crippen LogP contribution >= 0.6 is 0 Å². The number of aryl methyl sites for hydroxylation is 1. The van der Waals surface area contributed by atoms with Crippen LogP contribution < -0.4 is 10.5 Å². The van der Waals surface area contributed by atoms with E-state index in [4.69, 9.17) is 10.5 Å². The third-order valence-corrected chi connectivity index (χ3v) is 3.50. The van der Waals surface area contributed by atoms with E-state index < -0.39 is 0 Å². The van der Waals surface area contributed by atoms with Gasteiger partial charge in [-0.15, -0.1) is 0 Å². The Labute approximate surface area is 109 Å². The summed E-state index contributed by atoms with van der Waals surface area (Å²) in [7, 11) is 0. The van der Waals surface area contributed by atoms with Gasteiger partial charge in [-0.05, 0) is 44.2 Å². The number of nitrogens with two attached hydrogens (primary N) is 1. The molecule has 0 spiro atoms. The van der Waals surface area contributed by atoms with Gasteiger partial charge in [0.15, 0.2) is 0 Å². The van der Waals surface area contributed by atoms with Crippen LogP contribution in [-0.4, -0.2) is 23.1 Å². The first-order valence-electron chi connectivity index (χ1n) is 7.03. The summed E-state index contributed by atoms with van der Waals surface area (Å²) >= 11 is 0. The molecule has 0 aromatic carbocycles. The van der Waals surface area contributed by atoms with Gasteiger partial charge in [0.1, 0.15) is 0 Å². The van der Waals surface area contributed by atoms with Gasteiger partial charge in [0.2, 0.25) is 0 Å². The van der Waals surface area contributed by atoms with Crippen molar-refractivity contribution in [1.29, 1.82) is 0 Å². The van der Waals surface area contributed by atoms with Crippen LogP contribution in [0.2, 0.25) is 0 Å². The van der Waals surface area contributed by atoms with Crippen LogP contribution in [0.25, 0.3) is 0 Å². The molecule has 1 aliphatic carbocycles. The highest BCUT2D eigenvalue weighted by Crippen LogP contribution is 2.23. The van der Waals surface area contributed by atoms with E-state index in [1.807, 2.05) is 6.07 Å². The second-order valence-corrected chi connectivity index (χ2v) is 5.04. The van der Waals surface area contributed by atoms with Gasteiger partial charge in [-0.1, -0.05) is 19.3 Å². The van der Waals surface area contributed by atoms with Crippen molar-refractivity contribution in [2.75, 3.05) is 13.2 Å². The van der Waals surface area contributed by atoms with Gasteiger partial charge >= 0.3 is 6.01 Å². The van der Waals surface area contributed by atoms with E-state index in [2.05, 4.69) is 9.97 Å². The molecule has 0 amide bonds. The van der Waals surface area contributed by atoms with Crippen LogP contribution in [0.5, 0.6) is 6.01 Å². The van der Waals surface area contributed by atoms with Crippen molar-refractivity contribution in [3.05, 3.63) is 18.0 Å². The van der Waals surface area contributed by atoms with Crippen molar-refractivity contribution < 1.29 is 4.74 Å². The average molecular weight is 249 g/mol. The highest BCUT2D eigenvalue weighted by atomic mass is 16.5. The largest absolute Gasteiger partial charge is 0.463 e. The zero-order valence-corrected chi connectivity index (χ0v) is 11.0. The number of hydrogen-bond donors (Lipinski definition) is 1. The first-order chi connectivity index (χ1) is 8.88. The van der Waals surface area contributed by atoms with Crippen molar-refractivity contribution in [3.63, 3.8) is 0 Å².